The average Bonchev–Trinajstić information content (AvgIpc) is 3.24. The zero-order chi connectivity index (χ0) is 24.3. The number of nitrogens with zero attached hydrogens (tertiary/aromatic N) is 5. The molecular formula is C27H37N5OS. The number of benzene rings is 2. The first-order valence-corrected chi connectivity index (χ1v) is 13.1. The lowest BCUT2D eigenvalue weighted by Crippen LogP contribution is -2.31. The van der Waals surface area contributed by atoms with Crippen molar-refractivity contribution < 1.29 is 4.79 Å². The van der Waals surface area contributed by atoms with Crippen LogP contribution in [0.2, 0.25) is 0 Å². The van der Waals surface area contributed by atoms with Gasteiger partial charge in [-0.05, 0) is 38.1 Å². The van der Waals surface area contributed by atoms with E-state index in [4.69, 9.17) is 0 Å². The fourth-order valence-electron chi connectivity index (χ4n) is 4.02. The Morgan fingerprint density at radius 3 is 2.03 bits per heavy atom. The molecule has 0 aliphatic rings. The highest BCUT2D eigenvalue weighted by Crippen LogP contribution is 2.26. The van der Waals surface area contributed by atoms with Crippen LogP contribution in [0.4, 0.5) is 0 Å². The maximum absolute atomic E-state index is 13.4. The van der Waals surface area contributed by atoms with E-state index in [9.17, 15) is 4.79 Å². The fourth-order valence-corrected chi connectivity index (χ4v) is 4.89. The van der Waals surface area contributed by atoms with Crippen LogP contribution in [-0.4, -0.2) is 50.3 Å². The van der Waals surface area contributed by atoms with Crippen LogP contribution in [0.15, 0.2) is 65.8 Å². The van der Waals surface area contributed by atoms with Gasteiger partial charge in [0.1, 0.15) is 0 Å². The Balaban J connectivity index is 1.76. The van der Waals surface area contributed by atoms with Gasteiger partial charge >= 0.3 is 0 Å². The molecule has 0 unspecified atom stereocenters. The minimum absolute atomic E-state index is 0.101. The van der Waals surface area contributed by atoms with Crippen LogP contribution >= 0.6 is 11.8 Å². The van der Waals surface area contributed by atoms with Crippen molar-refractivity contribution in [2.75, 3.05) is 19.8 Å². The van der Waals surface area contributed by atoms with Gasteiger partial charge in [-0.15, -0.1) is 10.2 Å². The Morgan fingerprint density at radius 1 is 0.941 bits per heavy atom. The molecule has 0 spiro atoms. The van der Waals surface area contributed by atoms with E-state index in [0.29, 0.717) is 18.8 Å². The molecule has 3 rings (SSSR count). The van der Waals surface area contributed by atoms with Crippen molar-refractivity contribution in [3.05, 3.63) is 77.6 Å². The summed E-state index contributed by atoms with van der Waals surface area (Å²) in [6.07, 6.45) is 3.12. The van der Waals surface area contributed by atoms with Gasteiger partial charge in [-0.2, -0.15) is 0 Å². The molecule has 1 heterocycles. The average molecular weight is 480 g/mol. The second-order valence-electron chi connectivity index (χ2n) is 8.74. The lowest BCUT2D eigenvalue weighted by molar-refractivity contribution is -0.129. The largest absolute Gasteiger partial charge is 0.333 e. The van der Waals surface area contributed by atoms with E-state index in [-0.39, 0.29) is 11.9 Å². The SMILES string of the molecule is CCCCn1c(SCC(=O)N(Cc2ccccc2)Cc2ccccc2)nnc1[C@H](CC)N(C)C. The number of rotatable bonds is 13. The predicted octanol–water partition coefficient (Wildman–Crippen LogP) is 5.41. The summed E-state index contributed by atoms with van der Waals surface area (Å²) >= 11 is 1.50. The van der Waals surface area contributed by atoms with E-state index >= 15 is 0 Å². The molecule has 0 saturated carbocycles. The quantitative estimate of drug-likeness (QED) is 0.307. The molecule has 2 aromatic carbocycles. The summed E-state index contributed by atoms with van der Waals surface area (Å²) in [5.74, 6) is 1.42. The normalized spacial score (nSPS) is 12.1. The van der Waals surface area contributed by atoms with Gasteiger partial charge in [0.05, 0.1) is 11.8 Å². The summed E-state index contributed by atoms with van der Waals surface area (Å²) in [5.41, 5.74) is 2.25. The van der Waals surface area contributed by atoms with Crippen LogP contribution in [0.25, 0.3) is 0 Å². The van der Waals surface area contributed by atoms with E-state index in [1.165, 1.54) is 11.8 Å². The Bertz CT molecular complexity index is 965. The summed E-state index contributed by atoms with van der Waals surface area (Å²) < 4.78 is 2.22. The smallest absolute Gasteiger partial charge is 0.233 e. The molecule has 0 bridgehead atoms. The first kappa shape index (κ1) is 26.0. The van der Waals surface area contributed by atoms with Crippen molar-refractivity contribution in [1.82, 2.24) is 24.6 Å². The topological polar surface area (TPSA) is 54.3 Å². The fraction of sp³-hybridized carbons (Fsp3) is 0.444. The lowest BCUT2D eigenvalue weighted by Gasteiger charge is -2.24. The third-order valence-electron chi connectivity index (χ3n) is 5.90. The van der Waals surface area contributed by atoms with E-state index in [2.05, 4.69) is 71.9 Å². The number of carbonyl (C=O) groups excluding carboxylic acids is 1. The summed E-state index contributed by atoms with van der Waals surface area (Å²) in [6.45, 7) is 6.40. The highest BCUT2D eigenvalue weighted by Gasteiger charge is 2.23. The lowest BCUT2D eigenvalue weighted by atomic mass is 10.1. The second kappa shape index (κ2) is 13.3. The van der Waals surface area contributed by atoms with Gasteiger partial charge in [0.15, 0.2) is 11.0 Å². The highest BCUT2D eigenvalue weighted by atomic mass is 32.2. The Labute approximate surface area is 208 Å². The summed E-state index contributed by atoms with van der Waals surface area (Å²) in [4.78, 5) is 17.5. The Morgan fingerprint density at radius 2 is 1.53 bits per heavy atom. The summed E-state index contributed by atoms with van der Waals surface area (Å²) in [6, 6.07) is 20.5. The number of aromatic nitrogens is 3. The van der Waals surface area contributed by atoms with Crippen LogP contribution in [-0.2, 0) is 24.4 Å². The predicted molar refractivity (Wildman–Crippen MR) is 140 cm³/mol. The number of carbonyl (C=O) groups is 1. The van der Waals surface area contributed by atoms with E-state index < -0.39 is 0 Å². The molecule has 7 heteroatoms. The third kappa shape index (κ3) is 7.18. The molecule has 34 heavy (non-hydrogen) atoms. The van der Waals surface area contributed by atoms with Gasteiger partial charge in [0.25, 0.3) is 0 Å². The molecule has 182 valence electrons. The van der Waals surface area contributed by atoms with Crippen LogP contribution in [0.3, 0.4) is 0 Å². The zero-order valence-corrected chi connectivity index (χ0v) is 21.7. The van der Waals surface area contributed by atoms with Gasteiger partial charge < -0.3 is 9.47 Å². The van der Waals surface area contributed by atoms with Gasteiger partial charge in [-0.3, -0.25) is 9.69 Å². The van der Waals surface area contributed by atoms with Crippen LogP contribution < -0.4 is 0 Å². The number of unbranched alkanes of at least 4 members (excludes halogenated alkanes) is 1. The van der Waals surface area contributed by atoms with E-state index in [1.54, 1.807) is 0 Å². The monoisotopic (exact) mass is 479 g/mol. The van der Waals surface area contributed by atoms with Crippen molar-refractivity contribution in [2.24, 2.45) is 0 Å². The van der Waals surface area contributed by atoms with Crippen LogP contribution in [0, 0.1) is 0 Å². The van der Waals surface area contributed by atoms with Crippen LogP contribution in [0.5, 0.6) is 0 Å². The van der Waals surface area contributed by atoms with Crippen LogP contribution in [0.1, 0.15) is 56.1 Å². The standard InChI is InChI=1S/C27H37N5OS/c1-5-7-18-32-26(24(6-2)30(3)4)28-29-27(32)34-21-25(33)31(19-22-14-10-8-11-15-22)20-23-16-12-9-13-17-23/h8-17,24H,5-7,18-21H2,1-4H3/t24-/m0/s1. The molecule has 1 amide bonds. The van der Waals surface area contributed by atoms with Gasteiger partial charge in [-0.25, -0.2) is 0 Å². The molecule has 0 aliphatic heterocycles. The van der Waals surface area contributed by atoms with E-state index in [0.717, 1.165) is 47.9 Å². The third-order valence-corrected chi connectivity index (χ3v) is 6.85. The van der Waals surface area contributed by atoms with Crippen molar-refractivity contribution in [1.29, 1.82) is 0 Å². The molecule has 0 N–H and O–H groups in total. The maximum Gasteiger partial charge on any atom is 0.233 e. The van der Waals surface area contributed by atoms with Gasteiger partial charge in [0.2, 0.25) is 5.91 Å². The van der Waals surface area contributed by atoms with Crippen molar-refractivity contribution in [3.63, 3.8) is 0 Å². The van der Waals surface area contributed by atoms with E-state index in [1.807, 2.05) is 41.3 Å². The number of amides is 1. The first-order valence-electron chi connectivity index (χ1n) is 12.1. The van der Waals surface area contributed by atoms with Crippen molar-refractivity contribution in [3.8, 4) is 0 Å². The number of hydrogen-bond donors (Lipinski definition) is 0. The maximum atomic E-state index is 13.4. The Kier molecular flexibility index (Phi) is 10.2. The Hall–Kier alpha value is -2.64. The van der Waals surface area contributed by atoms with Gasteiger partial charge in [0, 0.05) is 19.6 Å². The summed E-state index contributed by atoms with van der Waals surface area (Å²) in [7, 11) is 4.16. The first-order chi connectivity index (χ1) is 16.5. The molecule has 0 radical (unpaired) electrons. The minimum atomic E-state index is 0.101. The molecule has 3 aromatic rings. The molecular weight excluding hydrogens is 442 g/mol. The van der Waals surface area contributed by atoms with Crippen molar-refractivity contribution in [2.45, 2.75) is 63.9 Å². The minimum Gasteiger partial charge on any atom is -0.333 e. The molecule has 6 nitrogen and oxygen atoms in total. The zero-order valence-electron chi connectivity index (χ0n) is 20.9. The second-order valence-corrected chi connectivity index (χ2v) is 9.69. The molecule has 0 fully saturated rings. The molecule has 0 aliphatic carbocycles. The van der Waals surface area contributed by atoms with Gasteiger partial charge in [-0.1, -0.05) is 92.7 Å². The highest BCUT2D eigenvalue weighted by molar-refractivity contribution is 7.99. The summed E-state index contributed by atoms with van der Waals surface area (Å²) in [5, 5.41) is 9.87. The number of thioether (sulfide) groups is 1. The molecule has 0 saturated heterocycles. The molecule has 1 aromatic heterocycles. The number of hydrogen-bond acceptors (Lipinski definition) is 5. The molecule has 1 atom stereocenters. The van der Waals surface area contributed by atoms with Crippen molar-refractivity contribution >= 4 is 17.7 Å².